The van der Waals surface area contributed by atoms with Gasteiger partial charge in [0, 0.05) is 12.5 Å². The molecule has 0 aliphatic rings. The van der Waals surface area contributed by atoms with Gasteiger partial charge in [-0.2, -0.15) is 0 Å². The van der Waals surface area contributed by atoms with E-state index >= 15 is 0 Å². The summed E-state index contributed by atoms with van der Waals surface area (Å²) in [6.45, 7) is 5.86. The lowest BCUT2D eigenvalue weighted by Gasteiger charge is -2.23. The van der Waals surface area contributed by atoms with Crippen molar-refractivity contribution in [3.63, 3.8) is 0 Å². The van der Waals surface area contributed by atoms with E-state index in [0.717, 1.165) is 22.4 Å². The molecule has 0 spiro atoms. The standard InChI is InChI=1S/C14H18N2O2/c1-9-15-11-6-5-10(7-12(11)16(9)4)14(2,3)8-13(17)18/h5-7H,8H2,1-4H3,(H,17,18). The van der Waals surface area contributed by atoms with Crippen molar-refractivity contribution in [1.29, 1.82) is 0 Å². The van der Waals surface area contributed by atoms with Crippen LogP contribution in [0.4, 0.5) is 0 Å². The number of rotatable bonds is 3. The number of aromatic nitrogens is 2. The van der Waals surface area contributed by atoms with Crippen LogP contribution in [-0.4, -0.2) is 20.6 Å². The third-order valence-corrected chi connectivity index (χ3v) is 3.48. The summed E-state index contributed by atoms with van der Waals surface area (Å²) in [5.74, 6) is 0.180. The molecule has 0 aliphatic heterocycles. The van der Waals surface area contributed by atoms with Crippen molar-refractivity contribution in [2.75, 3.05) is 0 Å². The highest BCUT2D eigenvalue weighted by atomic mass is 16.4. The first kappa shape index (κ1) is 12.6. The van der Waals surface area contributed by atoms with Crippen LogP contribution >= 0.6 is 0 Å². The molecule has 4 heteroatoms. The number of hydrogen-bond acceptors (Lipinski definition) is 2. The van der Waals surface area contributed by atoms with Gasteiger partial charge in [-0.15, -0.1) is 0 Å². The molecule has 1 aromatic heterocycles. The Bertz CT molecular complexity index is 612. The fourth-order valence-electron chi connectivity index (χ4n) is 2.21. The van der Waals surface area contributed by atoms with Crippen molar-refractivity contribution in [1.82, 2.24) is 9.55 Å². The number of benzene rings is 1. The van der Waals surface area contributed by atoms with E-state index in [0.29, 0.717) is 0 Å². The number of nitrogens with zero attached hydrogens (tertiary/aromatic N) is 2. The summed E-state index contributed by atoms with van der Waals surface area (Å²) in [5.41, 5.74) is 2.65. The Morgan fingerprint density at radius 2 is 2.11 bits per heavy atom. The van der Waals surface area contributed by atoms with Gasteiger partial charge in [-0.3, -0.25) is 4.79 Å². The zero-order valence-electron chi connectivity index (χ0n) is 11.2. The van der Waals surface area contributed by atoms with Gasteiger partial charge in [-0.1, -0.05) is 19.9 Å². The predicted molar refractivity (Wildman–Crippen MR) is 70.7 cm³/mol. The molecule has 2 rings (SSSR count). The Morgan fingerprint density at radius 3 is 2.72 bits per heavy atom. The molecule has 1 N–H and O–H groups in total. The Balaban J connectivity index is 2.52. The van der Waals surface area contributed by atoms with Crippen LogP contribution in [0.5, 0.6) is 0 Å². The van der Waals surface area contributed by atoms with Crippen molar-refractivity contribution >= 4 is 17.0 Å². The number of carboxylic acids is 1. The van der Waals surface area contributed by atoms with Gasteiger partial charge in [0.15, 0.2) is 0 Å². The first-order chi connectivity index (χ1) is 8.31. The molecule has 96 valence electrons. The third kappa shape index (κ3) is 2.10. The summed E-state index contributed by atoms with van der Waals surface area (Å²) in [6, 6.07) is 5.97. The summed E-state index contributed by atoms with van der Waals surface area (Å²) in [4.78, 5) is 15.3. The molecule has 0 unspecified atom stereocenters. The van der Waals surface area contributed by atoms with Crippen LogP contribution in [0.25, 0.3) is 11.0 Å². The molecule has 1 heterocycles. The van der Waals surface area contributed by atoms with Crippen molar-refractivity contribution in [3.8, 4) is 0 Å². The Kier molecular flexibility index (Phi) is 2.89. The second-order valence-corrected chi connectivity index (χ2v) is 5.38. The first-order valence-corrected chi connectivity index (χ1v) is 5.96. The quantitative estimate of drug-likeness (QED) is 0.905. The molecule has 0 radical (unpaired) electrons. The van der Waals surface area contributed by atoms with E-state index in [1.165, 1.54) is 0 Å². The minimum atomic E-state index is -0.777. The molecule has 1 aromatic carbocycles. The van der Waals surface area contributed by atoms with E-state index in [1.54, 1.807) is 0 Å². The van der Waals surface area contributed by atoms with Crippen molar-refractivity contribution in [3.05, 3.63) is 29.6 Å². The van der Waals surface area contributed by atoms with Crippen LogP contribution in [0, 0.1) is 6.92 Å². The number of imidazole rings is 1. The fraction of sp³-hybridized carbons (Fsp3) is 0.429. The monoisotopic (exact) mass is 246 g/mol. The summed E-state index contributed by atoms with van der Waals surface area (Å²) < 4.78 is 2.02. The minimum absolute atomic E-state index is 0.120. The summed E-state index contributed by atoms with van der Waals surface area (Å²) in [6.07, 6.45) is 0.120. The number of aliphatic carboxylic acids is 1. The Hall–Kier alpha value is -1.84. The molecule has 4 nitrogen and oxygen atoms in total. The molecule has 0 amide bonds. The van der Waals surface area contributed by atoms with Gasteiger partial charge in [-0.05, 0) is 24.6 Å². The maximum Gasteiger partial charge on any atom is 0.304 e. The van der Waals surface area contributed by atoms with Gasteiger partial charge in [-0.25, -0.2) is 4.98 Å². The van der Waals surface area contributed by atoms with Gasteiger partial charge in [0.2, 0.25) is 0 Å². The average Bonchev–Trinajstić information content (AvgIpc) is 2.53. The second kappa shape index (κ2) is 4.12. The van der Waals surface area contributed by atoms with E-state index in [1.807, 2.05) is 50.6 Å². The average molecular weight is 246 g/mol. The van der Waals surface area contributed by atoms with E-state index in [-0.39, 0.29) is 11.8 Å². The first-order valence-electron chi connectivity index (χ1n) is 5.96. The molecule has 0 bridgehead atoms. The molecule has 0 fully saturated rings. The molecule has 0 saturated heterocycles. The Morgan fingerprint density at radius 1 is 1.44 bits per heavy atom. The molecule has 18 heavy (non-hydrogen) atoms. The number of carbonyl (C=O) groups is 1. The lowest BCUT2D eigenvalue weighted by Crippen LogP contribution is -2.21. The largest absolute Gasteiger partial charge is 0.481 e. The van der Waals surface area contributed by atoms with Crippen LogP contribution in [0.3, 0.4) is 0 Å². The van der Waals surface area contributed by atoms with Crippen LogP contribution in [0.15, 0.2) is 18.2 Å². The summed E-state index contributed by atoms with van der Waals surface area (Å²) >= 11 is 0. The third-order valence-electron chi connectivity index (χ3n) is 3.48. The molecular formula is C14H18N2O2. The maximum atomic E-state index is 10.9. The fourth-order valence-corrected chi connectivity index (χ4v) is 2.21. The maximum absolute atomic E-state index is 10.9. The van der Waals surface area contributed by atoms with E-state index in [4.69, 9.17) is 5.11 Å². The zero-order valence-corrected chi connectivity index (χ0v) is 11.2. The van der Waals surface area contributed by atoms with Crippen LogP contribution in [0.1, 0.15) is 31.7 Å². The van der Waals surface area contributed by atoms with Gasteiger partial charge in [0.05, 0.1) is 17.5 Å². The highest BCUT2D eigenvalue weighted by Crippen LogP contribution is 2.29. The predicted octanol–water partition coefficient (Wildman–Crippen LogP) is 2.63. The van der Waals surface area contributed by atoms with Crippen LogP contribution < -0.4 is 0 Å². The molecular weight excluding hydrogens is 228 g/mol. The van der Waals surface area contributed by atoms with Gasteiger partial charge in [0.25, 0.3) is 0 Å². The van der Waals surface area contributed by atoms with Gasteiger partial charge in [0.1, 0.15) is 5.82 Å². The molecule has 2 aromatic rings. The minimum Gasteiger partial charge on any atom is -0.481 e. The van der Waals surface area contributed by atoms with E-state index in [9.17, 15) is 4.79 Å². The van der Waals surface area contributed by atoms with E-state index in [2.05, 4.69) is 4.98 Å². The number of fused-ring (bicyclic) bond motifs is 1. The molecule has 0 aliphatic carbocycles. The van der Waals surface area contributed by atoms with Crippen molar-refractivity contribution in [2.45, 2.75) is 32.6 Å². The highest BCUT2D eigenvalue weighted by Gasteiger charge is 2.24. The lowest BCUT2D eigenvalue weighted by molar-refractivity contribution is -0.138. The van der Waals surface area contributed by atoms with Crippen molar-refractivity contribution < 1.29 is 9.90 Å². The molecule has 0 saturated carbocycles. The number of carboxylic acid groups (broad SMARTS) is 1. The highest BCUT2D eigenvalue weighted by molar-refractivity contribution is 5.77. The second-order valence-electron chi connectivity index (χ2n) is 5.38. The molecule has 0 atom stereocenters. The normalized spacial score (nSPS) is 12.0. The Labute approximate surface area is 106 Å². The smallest absolute Gasteiger partial charge is 0.304 e. The topological polar surface area (TPSA) is 55.1 Å². The van der Waals surface area contributed by atoms with Crippen LogP contribution in [0.2, 0.25) is 0 Å². The van der Waals surface area contributed by atoms with Crippen LogP contribution in [-0.2, 0) is 17.3 Å². The van der Waals surface area contributed by atoms with Gasteiger partial charge >= 0.3 is 5.97 Å². The number of hydrogen-bond donors (Lipinski definition) is 1. The zero-order chi connectivity index (χ0) is 13.5. The SMILES string of the molecule is Cc1nc2ccc(C(C)(C)CC(=O)O)cc2n1C. The summed E-state index contributed by atoms with van der Waals surface area (Å²) in [7, 11) is 1.97. The van der Waals surface area contributed by atoms with Crippen molar-refractivity contribution in [2.24, 2.45) is 7.05 Å². The summed E-state index contributed by atoms with van der Waals surface area (Å²) in [5, 5.41) is 8.96. The van der Waals surface area contributed by atoms with E-state index < -0.39 is 5.97 Å². The number of aryl methyl sites for hydroxylation is 2. The van der Waals surface area contributed by atoms with Gasteiger partial charge < -0.3 is 9.67 Å². The lowest BCUT2D eigenvalue weighted by atomic mass is 9.81.